The highest BCUT2D eigenvalue weighted by molar-refractivity contribution is 5.96. The molecule has 1 heterocycles. The van der Waals surface area contributed by atoms with Crippen LogP contribution < -0.4 is 0 Å². The van der Waals surface area contributed by atoms with Crippen molar-refractivity contribution >= 4 is 5.78 Å². The molecule has 198 valence electrons. The van der Waals surface area contributed by atoms with Crippen molar-refractivity contribution in [1.29, 1.82) is 0 Å². The smallest absolute Gasteiger partial charge is 0.187 e. The summed E-state index contributed by atoms with van der Waals surface area (Å²) in [6, 6.07) is 0. The van der Waals surface area contributed by atoms with Crippen LogP contribution in [0.15, 0.2) is 11.8 Å². The fourth-order valence-corrected chi connectivity index (χ4v) is 8.97. The van der Waals surface area contributed by atoms with Gasteiger partial charge < -0.3 is 35.0 Å². The fraction of sp³-hybridized carbons (Fsp3) is 0.889. The average molecular weight is 495 g/mol. The quantitative estimate of drug-likeness (QED) is 0.298. The molecule has 0 radical (unpaired) electrons. The first kappa shape index (κ1) is 25.6. The highest BCUT2D eigenvalue weighted by Crippen LogP contribution is 2.69. The Morgan fingerprint density at radius 3 is 2.40 bits per heavy atom. The Morgan fingerprint density at radius 1 is 1.00 bits per heavy atom. The van der Waals surface area contributed by atoms with Crippen LogP contribution in [-0.2, 0) is 14.3 Å². The van der Waals surface area contributed by atoms with Crippen molar-refractivity contribution in [1.82, 2.24) is 0 Å². The van der Waals surface area contributed by atoms with E-state index in [4.69, 9.17) is 9.47 Å². The van der Waals surface area contributed by atoms with Crippen molar-refractivity contribution in [3.05, 3.63) is 11.8 Å². The summed E-state index contributed by atoms with van der Waals surface area (Å²) >= 11 is 0. The van der Waals surface area contributed by atoms with Gasteiger partial charge in [-0.3, -0.25) is 4.79 Å². The van der Waals surface area contributed by atoms with Crippen molar-refractivity contribution in [2.45, 2.75) is 108 Å². The van der Waals surface area contributed by atoms with Crippen LogP contribution >= 0.6 is 0 Å². The van der Waals surface area contributed by atoms with Gasteiger partial charge in [-0.2, -0.15) is 0 Å². The normalized spacial score (nSPS) is 55.3. The van der Waals surface area contributed by atoms with E-state index >= 15 is 0 Å². The van der Waals surface area contributed by atoms with Crippen LogP contribution in [0.5, 0.6) is 0 Å². The molecule has 5 aliphatic rings. The molecule has 5 N–H and O–H groups in total. The van der Waals surface area contributed by atoms with E-state index < -0.39 is 42.9 Å². The number of hydrogen-bond acceptors (Lipinski definition) is 8. The number of aliphatic hydroxyl groups is 5. The maximum absolute atomic E-state index is 12.5. The van der Waals surface area contributed by atoms with Crippen molar-refractivity contribution < 1.29 is 39.8 Å². The third-order valence-electron chi connectivity index (χ3n) is 11.3. The van der Waals surface area contributed by atoms with Gasteiger partial charge in [0.05, 0.1) is 18.5 Å². The van der Waals surface area contributed by atoms with Gasteiger partial charge in [-0.15, -0.1) is 0 Å². The van der Waals surface area contributed by atoms with Gasteiger partial charge in [0.25, 0.3) is 0 Å². The predicted molar refractivity (Wildman–Crippen MR) is 126 cm³/mol. The van der Waals surface area contributed by atoms with E-state index in [2.05, 4.69) is 20.8 Å². The van der Waals surface area contributed by atoms with Gasteiger partial charge in [-0.05, 0) is 86.4 Å². The second-order valence-electron chi connectivity index (χ2n) is 12.7. The number of fused-ring (bicyclic) bond motifs is 5. The third-order valence-corrected chi connectivity index (χ3v) is 11.3. The van der Waals surface area contributed by atoms with E-state index in [0.717, 1.165) is 44.8 Å². The number of aliphatic hydroxyl groups excluding tert-OH is 5. The molecule has 2 unspecified atom stereocenters. The lowest BCUT2D eigenvalue weighted by Gasteiger charge is -2.61. The van der Waals surface area contributed by atoms with E-state index in [1.807, 2.05) is 0 Å². The summed E-state index contributed by atoms with van der Waals surface area (Å²) in [5.74, 6) is 1.87. The largest absolute Gasteiger partial charge is 0.515 e. The van der Waals surface area contributed by atoms with Crippen molar-refractivity contribution in [3.8, 4) is 0 Å². The molecule has 5 fully saturated rings. The SMILES string of the molecule is C[C@]12CC(=CO)C(=O)CC1CC[C@@H]1[C@@H]2CC[C@@]2(C)[C@H]1CC[C@]2(C)OC1O[C@H](CO)[C@@H](O)[C@H](O)[C@H]1O. The molecule has 0 bridgehead atoms. The Hall–Kier alpha value is -1.03. The van der Waals surface area contributed by atoms with Crippen LogP contribution in [0.3, 0.4) is 0 Å². The molecule has 0 aromatic rings. The standard InChI is InChI=1S/C27H42O8/c1-25-11-14(12-28)19(30)10-15(25)4-5-16-17(25)6-8-26(2)18(16)7-9-27(26,3)35-24-23(33)22(32)21(31)20(13-29)34-24/h12,15-18,20-24,28-29,31-33H,4-11,13H2,1-3H3/t15?,16-,17+,18+,20-,21-,22+,23-,24?,25+,26+,27+/m1/s1. The monoisotopic (exact) mass is 494 g/mol. The fourth-order valence-electron chi connectivity index (χ4n) is 8.97. The van der Waals surface area contributed by atoms with Crippen LogP contribution in [0.4, 0.5) is 0 Å². The summed E-state index contributed by atoms with van der Waals surface area (Å²) in [5.41, 5.74) is -0.174. The van der Waals surface area contributed by atoms with Crippen LogP contribution in [-0.4, -0.2) is 74.2 Å². The topological polar surface area (TPSA) is 137 Å². The molecule has 1 aliphatic heterocycles. The van der Waals surface area contributed by atoms with Gasteiger partial charge in [-0.1, -0.05) is 13.8 Å². The molecule has 1 saturated heterocycles. The summed E-state index contributed by atoms with van der Waals surface area (Å²) in [6.45, 7) is 6.21. The Balaban J connectivity index is 1.37. The Kier molecular flexibility index (Phi) is 6.42. The molecule has 0 aromatic carbocycles. The summed E-state index contributed by atoms with van der Waals surface area (Å²) < 4.78 is 12.2. The van der Waals surface area contributed by atoms with E-state index in [0.29, 0.717) is 42.1 Å². The van der Waals surface area contributed by atoms with Gasteiger partial charge in [0.15, 0.2) is 12.1 Å². The van der Waals surface area contributed by atoms with Crippen LogP contribution in [0.1, 0.15) is 72.1 Å². The molecule has 0 amide bonds. The van der Waals surface area contributed by atoms with E-state index in [9.17, 15) is 30.3 Å². The minimum atomic E-state index is -1.45. The number of hydrogen-bond donors (Lipinski definition) is 5. The number of carbonyl (C=O) groups is 1. The number of rotatable bonds is 3. The molecule has 4 saturated carbocycles. The van der Waals surface area contributed by atoms with Crippen LogP contribution in [0.2, 0.25) is 0 Å². The number of Topliss-reactive ketones (excluding diaryl/α,β-unsaturated/α-hetero) is 1. The molecule has 8 nitrogen and oxygen atoms in total. The lowest BCUT2D eigenvalue weighted by Crippen LogP contribution is -2.62. The molecule has 12 atom stereocenters. The minimum absolute atomic E-state index is 0.00381. The maximum Gasteiger partial charge on any atom is 0.187 e. The van der Waals surface area contributed by atoms with Crippen LogP contribution in [0.25, 0.3) is 0 Å². The van der Waals surface area contributed by atoms with Gasteiger partial charge in [0.2, 0.25) is 0 Å². The highest BCUT2D eigenvalue weighted by atomic mass is 16.7. The van der Waals surface area contributed by atoms with Gasteiger partial charge in [0.1, 0.15) is 24.4 Å². The van der Waals surface area contributed by atoms with E-state index in [1.165, 1.54) is 0 Å². The summed E-state index contributed by atoms with van der Waals surface area (Å²) in [6.07, 6.45) is 1.72. The number of ether oxygens (including phenoxy) is 2. The molecular weight excluding hydrogens is 452 g/mol. The lowest BCUT2D eigenvalue weighted by atomic mass is 9.44. The third kappa shape index (κ3) is 3.66. The first-order valence-electron chi connectivity index (χ1n) is 13.3. The zero-order valence-electron chi connectivity index (χ0n) is 21.1. The molecular formula is C27H42O8. The minimum Gasteiger partial charge on any atom is -0.515 e. The Labute approximate surface area is 207 Å². The average Bonchev–Trinajstić information content (AvgIpc) is 3.10. The number of ketones is 1. The maximum atomic E-state index is 12.5. The zero-order chi connectivity index (χ0) is 25.3. The molecule has 5 rings (SSSR count). The summed E-state index contributed by atoms with van der Waals surface area (Å²) in [4.78, 5) is 12.5. The van der Waals surface area contributed by atoms with Crippen LogP contribution in [0, 0.1) is 34.5 Å². The molecule has 0 spiro atoms. The van der Waals surface area contributed by atoms with E-state index in [1.54, 1.807) is 0 Å². The zero-order valence-corrected chi connectivity index (χ0v) is 21.1. The first-order valence-corrected chi connectivity index (χ1v) is 13.3. The summed E-state index contributed by atoms with van der Waals surface area (Å²) in [5, 5.41) is 50.3. The number of carbonyl (C=O) groups excluding carboxylic acids is 1. The van der Waals surface area contributed by atoms with Gasteiger partial charge in [-0.25, -0.2) is 0 Å². The van der Waals surface area contributed by atoms with Gasteiger partial charge >= 0.3 is 0 Å². The van der Waals surface area contributed by atoms with Crippen molar-refractivity contribution in [2.75, 3.05) is 6.61 Å². The molecule has 35 heavy (non-hydrogen) atoms. The van der Waals surface area contributed by atoms with Gasteiger partial charge in [0, 0.05) is 12.0 Å². The van der Waals surface area contributed by atoms with E-state index in [-0.39, 0.29) is 16.6 Å². The second-order valence-corrected chi connectivity index (χ2v) is 12.7. The molecule has 8 heteroatoms. The highest BCUT2D eigenvalue weighted by Gasteiger charge is 2.65. The predicted octanol–water partition coefficient (Wildman–Crippen LogP) is 2.23. The molecule has 4 aliphatic carbocycles. The Bertz CT molecular complexity index is 873. The second kappa shape index (κ2) is 8.77. The lowest BCUT2D eigenvalue weighted by molar-refractivity contribution is -0.338. The summed E-state index contributed by atoms with van der Waals surface area (Å²) in [7, 11) is 0. The molecule has 0 aromatic heterocycles. The Morgan fingerprint density at radius 2 is 1.71 bits per heavy atom. The number of allylic oxidation sites excluding steroid dienone is 1. The van der Waals surface area contributed by atoms with Crippen molar-refractivity contribution in [3.63, 3.8) is 0 Å². The van der Waals surface area contributed by atoms with Crippen molar-refractivity contribution in [2.24, 2.45) is 34.5 Å². The first-order chi connectivity index (χ1) is 16.5.